The molecule has 100 valence electrons. The fourth-order valence-electron chi connectivity index (χ4n) is 2.54. The van der Waals surface area contributed by atoms with Crippen LogP contribution in [0.3, 0.4) is 0 Å². The maximum absolute atomic E-state index is 5.58. The third-order valence-electron chi connectivity index (χ3n) is 3.25. The van der Waals surface area contributed by atoms with Gasteiger partial charge in [-0.2, -0.15) is 0 Å². The van der Waals surface area contributed by atoms with Gasteiger partial charge in [0, 0.05) is 0 Å². The van der Waals surface area contributed by atoms with Crippen LogP contribution in [0.25, 0.3) is 0 Å². The van der Waals surface area contributed by atoms with E-state index in [0.717, 1.165) is 18.2 Å². The summed E-state index contributed by atoms with van der Waals surface area (Å²) in [5, 5.41) is 3.09. The van der Waals surface area contributed by atoms with Gasteiger partial charge in [-0.3, -0.25) is 0 Å². The second-order valence-corrected chi connectivity index (χ2v) is 11.0. The molecule has 1 saturated heterocycles. The second-order valence-electron chi connectivity index (χ2n) is 4.93. The van der Waals surface area contributed by atoms with E-state index >= 15 is 0 Å². The molecule has 3 rings (SSSR count). The molecule has 1 fully saturated rings. The van der Waals surface area contributed by atoms with Gasteiger partial charge in [-0.05, 0) is 0 Å². The van der Waals surface area contributed by atoms with Gasteiger partial charge >= 0.3 is 123 Å². The van der Waals surface area contributed by atoms with Crippen molar-refractivity contribution in [1.29, 1.82) is 0 Å². The molecule has 18 heavy (non-hydrogen) atoms. The molecule has 0 radical (unpaired) electrons. The number of nitrogens with zero attached hydrogens (tertiary/aromatic N) is 4. The van der Waals surface area contributed by atoms with Crippen LogP contribution >= 0.6 is 24.0 Å². The van der Waals surface area contributed by atoms with Gasteiger partial charge < -0.3 is 0 Å². The molecule has 0 amide bonds. The van der Waals surface area contributed by atoms with Gasteiger partial charge in [-0.15, -0.1) is 0 Å². The molecule has 4 nitrogen and oxygen atoms in total. The van der Waals surface area contributed by atoms with E-state index in [0.29, 0.717) is 5.25 Å². The molecule has 0 aromatic heterocycles. The van der Waals surface area contributed by atoms with Crippen molar-refractivity contribution in [3.05, 3.63) is 0 Å². The quantitative estimate of drug-likeness (QED) is 0.504. The monoisotopic (exact) mass is 351 g/mol. The molecular formula is C11H19N4S2Se+. The van der Waals surface area contributed by atoms with E-state index in [1.807, 2.05) is 11.8 Å². The van der Waals surface area contributed by atoms with Crippen LogP contribution in [0.4, 0.5) is 0 Å². The zero-order valence-corrected chi connectivity index (χ0v) is 14.6. The summed E-state index contributed by atoms with van der Waals surface area (Å²) in [5.74, 6) is 0. The number of hydrogen-bond donors (Lipinski definition) is 0. The summed E-state index contributed by atoms with van der Waals surface area (Å²) < 4.78 is 6.34. The Labute approximate surface area is 122 Å². The summed E-state index contributed by atoms with van der Waals surface area (Å²) in [7, 11) is 4.40. The van der Waals surface area contributed by atoms with E-state index in [9.17, 15) is 0 Å². The van der Waals surface area contributed by atoms with Crippen LogP contribution in [-0.4, -0.2) is 78.6 Å². The van der Waals surface area contributed by atoms with Crippen molar-refractivity contribution in [2.75, 3.05) is 27.2 Å². The first-order valence-corrected chi connectivity index (χ1v) is 9.91. The van der Waals surface area contributed by atoms with Gasteiger partial charge in [0.05, 0.1) is 0 Å². The zero-order valence-electron chi connectivity index (χ0n) is 11.2. The predicted octanol–water partition coefficient (Wildman–Crippen LogP) is 0.535. The third-order valence-corrected chi connectivity index (χ3v) is 9.95. The Morgan fingerprint density at radius 2 is 2.00 bits per heavy atom. The van der Waals surface area contributed by atoms with Gasteiger partial charge in [-0.1, -0.05) is 0 Å². The van der Waals surface area contributed by atoms with Crippen molar-refractivity contribution >= 4 is 52.8 Å². The normalized spacial score (nSPS) is 26.9. The number of hydrogen-bond acceptors (Lipinski definition) is 3. The first-order chi connectivity index (χ1) is 8.52. The average Bonchev–Trinajstić information content (AvgIpc) is 2.74. The van der Waals surface area contributed by atoms with E-state index < -0.39 is 13.9 Å². The molecule has 0 aromatic rings. The van der Waals surface area contributed by atoms with Crippen LogP contribution in [0.2, 0.25) is 0 Å². The molecular weight excluding hydrogens is 331 g/mol. The Kier molecular flexibility index (Phi) is 3.21. The molecule has 0 spiro atoms. The van der Waals surface area contributed by atoms with Crippen LogP contribution < -0.4 is 0 Å². The van der Waals surface area contributed by atoms with E-state index in [2.05, 4.69) is 45.3 Å². The molecule has 0 saturated carbocycles. The van der Waals surface area contributed by atoms with Gasteiger partial charge in [0.2, 0.25) is 0 Å². The summed E-state index contributed by atoms with van der Waals surface area (Å²) in [6.07, 6.45) is 1.20. The molecule has 7 heteroatoms. The Morgan fingerprint density at radius 1 is 1.33 bits per heavy atom. The third kappa shape index (κ3) is 1.68. The molecule has 0 aromatic carbocycles. The van der Waals surface area contributed by atoms with Crippen molar-refractivity contribution < 1.29 is 3.59 Å². The molecule has 1 unspecified atom stereocenters. The summed E-state index contributed by atoms with van der Waals surface area (Å²) >= 11 is 6.46. The first-order valence-electron chi connectivity index (χ1n) is 6.24. The Morgan fingerprint density at radius 3 is 2.67 bits per heavy atom. The summed E-state index contributed by atoms with van der Waals surface area (Å²) in [6.45, 7) is 6.78. The molecule has 3 aliphatic heterocycles. The van der Waals surface area contributed by atoms with Gasteiger partial charge in [0.25, 0.3) is 0 Å². The summed E-state index contributed by atoms with van der Waals surface area (Å²) in [6, 6.07) is 0. The maximum atomic E-state index is 5.58. The topological polar surface area (TPSA) is 12.7 Å². The zero-order chi connectivity index (χ0) is 13.0. The van der Waals surface area contributed by atoms with Crippen LogP contribution in [0.5, 0.6) is 0 Å². The number of rotatable bonds is 1. The average molecular weight is 350 g/mol. The van der Waals surface area contributed by atoms with Crippen molar-refractivity contribution in [1.82, 2.24) is 13.7 Å². The molecule has 1 atom stereocenters. The molecule has 3 aliphatic rings. The fraction of sp³-hybridized carbons (Fsp3) is 0.727. The Hall–Kier alpha value is -0.101. The summed E-state index contributed by atoms with van der Waals surface area (Å²) in [4.78, 5) is 4.89. The van der Waals surface area contributed by atoms with E-state index in [4.69, 9.17) is 12.2 Å². The molecule has 0 aliphatic carbocycles. The molecule has 0 N–H and O–H groups in total. The summed E-state index contributed by atoms with van der Waals surface area (Å²) in [5.41, 5.74) is 0. The van der Waals surface area contributed by atoms with Crippen LogP contribution in [0.1, 0.15) is 20.3 Å². The van der Waals surface area contributed by atoms with Crippen molar-refractivity contribution in [3.63, 3.8) is 0 Å². The number of thiocarbonyl (C=S) groups is 1. The Bertz CT molecular complexity index is 485. The SMILES string of the molecule is CC(C)SC1=[N+](C)[Se]2=C3N(CCCN13)C(=S)N2C. The standard InChI is InChI=1S/C11H19N4S2Se/c1-8(2)17-10-13(4)18-11-14(9(16)12(18)3)6-5-7-15(10)11/h8H,5-7H2,1-4H3/q+1. The molecule has 0 bridgehead atoms. The van der Waals surface area contributed by atoms with Crippen LogP contribution in [0.15, 0.2) is 0 Å². The van der Waals surface area contributed by atoms with E-state index in [-0.39, 0.29) is 0 Å². The van der Waals surface area contributed by atoms with Crippen molar-refractivity contribution in [2.45, 2.75) is 25.5 Å². The van der Waals surface area contributed by atoms with Crippen LogP contribution in [-0.2, 0) is 0 Å². The Balaban J connectivity index is 2.04. The van der Waals surface area contributed by atoms with Crippen LogP contribution in [0, 0.1) is 0 Å². The second kappa shape index (κ2) is 4.47. The fourth-order valence-corrected chi connectivity index (χ4v) is 9.27. The first kappa shape index (κ1) is 12.9. The van der Waals surface area contributed by atoms with E-state index in [1.54, 1.807) is 0 Å². The van der Waals surface area contributed by atoms with Gasteiger partial charge in [-0.25, -0.2) is 0 Å². The van der Waals surface area contributed by atoms with Gasteiger partial charge in [0.15, 0.2) is 0 Å². The van der Waals surface area contributed by atoms with Gasteiger partial charge in [0.1, 0.15) is 0 Å². The minimum atomic E-state index is -1.10. The van der Waals surface area contributed by atoms with Crippen molar-refractivity contribution in [2.24, 2.45) is 0 Å². The predicted molar refractivity (Wildman–Crippen MR) is 83.1 cm³/mol. The van der Waals surface area contributed by atoms with E-state index in [1.165, 1.54) is 16.3 Å². The number of amidine groups is 1. The minimum absolute atomic E-state index is 0.626. The molecule has 3 heterocycles. The number of thioether (sulfide) groups is 1. The van der Waals surface area contributed by atoms with Crippen molar-refractivity contribution in [3.8, 4) is 0 Å².